The molecule has 1 atom stereocenters. The van der Waals surface area contributed by atoms with E-state index >= 15 is 0 Å². The number of rotatable bonds is 4. The third-order valence-corrected chi connectivity index (χ3v) is 6.64. The van der Waals surface area contributed by atoms with E-state index in [-0.39, 0.29) is 11.9 Å². The van der Waals surface area contributed by atoms with Crippen molar-refractivity contribution in [2.24, 2.45) is 4.99 Å². The third kappa shape index (κ3) is 4.59. The van der Waals surface area contributed by atoms with Gasteiger partial charge in [-0.15, -0.1) is 0 Å². The Hall–Kier alpha value is -4.42. The average molecular weight is 474 g/mol. The van der Waals surface area contributed by atoms with E-state index in [4.69, 9.17) is 4.99 Å². The smallest absolute Gasteiger partial charge is 0.255 e. The van der Waals surface area contributed by atoms with Gasteiger partial charge in [0.25, 0.3) is 5.91 Å². The van der Waals surface area contributed by atoms with Gasteiger partial charge in [-0.1, -0.05) is 54.6 Å². The zero-order valence-corrected chi connectivity index (χ0v) is 19.8. The van der Waals surface area contributed by atoms with Gasteiger partial charge in [0.15, 0.2) is 0 Å². The Kier molecular flexibility index (Phi) is 5.93. The molecule has 178 valence electrons. The van der Waals surface area contributed by atoms with Crippen LogP contribution in [0.2, 0.25) is 0 Å². The van der Waals surface area contributed by atoms with Crippen molar-refractivity contribution in [3.05, 3.63) is 125 Å². The molecule has 2 heterocycles. The molecule has 4 aromatic rings. The van der Waals surface area contributed by atoms with Crippen LogP contribution in [-0.2, 0) is 13.0 Å². The number of benzene rings is 4. The van der Waals surface area contributed by atoms with Crippen molar-refractivity contribution >= 4 is 28.9 Å². The van der Waals surface area contributed by atoms with Crippen molar-refractivity contribution in [3.63, 3.8) is 0 Å². The summed E-state index contributed by atoms with van der Waals surface area (Å²) in [5.74, 6) is 0.541. The predicted octanol–water partition coefficient (Wildman–Crippen LogP) is 5.57. The highest BCUT2D eigenvalue weighted by atomic mass is 16.1. The van der Waals surface area contributed by atoms with Gasteiger partial charge in [-0.3, -0.25) is 4.79 Å². The number of fused-ring (bicyclic) bond motifs is 2. The Morgan fingerprint density at radius 3 is 2.47 bits per heavy atom. The van der Waals surface area contributed by atoms with Crippen molar-refractivity contribution in [3.8, 4) is 0 Å². The quantitative estimate of drug-likeness (QED) is 0.313. The molecule has 0 aliphatic carbocycles. The van der Waals surface area contributed by atoms with Gasteiger partial charge in [-0.25, -0.2) is 4.99 Å². The number of carbonyl (C=O) groups is 1. The highest BCUT2D eigenvalue weighted by molar-refractivity contribution is 6.07. The maximum absolute atomic E-state index is 12.8. The minimum absolute atomic E-state index is 0.0944. The standard InChI is InChI=1S/C30H27N5O/c36-29(32-25-15-10-20-16-17-31-19-23(20)18-25)22-11-13-24(14-12-22)33-30-34-27-9-5-4-8-26(27)28(35-30)21-6-2-1-3-7-21/h1-15,18,28,31H,16-17,19H2,(H,32,36)(H2,33,34,35). The number of nitrogens with one attached hydrogen (secondary N) is 4. The summed E-state index contributed by atoms with van der Waals surface area (Å²) in [6.45, 7) is 1.84. The number of aliphatic imine (C=N–C) groups is 1. The van der Waals surface area contributed by atoms with Crippen LogP contribution in [-0.4, -0.2) is 18.4 Å². The van der Waals surface area contributed by atoms with Crippen LogP contribution in [0.25, 0.3) is 0 Å². The molecule has 0 saturated heterocycles. The largest absolute Gasteiger partial charge is 0.326 e. The minimum atomic E-state index is -0.128. The molecule has 2 aliphatic heterocycles. The van der Waals surface area contributed by atoms with Crippen LogP contribution < -0.4 is 21.3 Å². The summed E-state index contributed by atoms with van der Waals surface area (Å²) in [5, 5.41) is 13.2. The molecule has 0 fully saturated rings. The van der Waals surface area contributed by atoms with E-state index in [0.29, 0.717) is 11.5 Å². The minimum Gasteiger partial charge on any atom is -0.326 e. The fraction of sp³-hybridized carbons (Fsp3) is 0.133. The Morgan fingerprint density at radius 2 is 1.61 bits per heavy atom. The highest BCUT2D eigenvalue weighted by Crippen LogP contribution is 2.34. The molecule has 4 aromatic carbocycles. The normalized spacial score (nSPS) is 16.1. The van der Waals surface area contributed by atoms with E-state index < -0.39 is 0 Å². The summed E-state index contributed by atoms with van der Waals surface area (Å²) < 4.78 is 0. The summed E-state index contributed by atoms with van der Waals surface area (Å²) in [7, 11) is 0. The molecule has 0 bridgehead atoms. The van der Waals surface area contributed by atoms with Gasteiger partial charge in [0, 0.05) is 34.7 Å². The summed E-state index contributed by atoms with van der Waals surface area (Å²) in [6.07, 6.45) is 1.02. The number of hydrogen-bond acceptors (Lipinski definition) is 5. The lowest BCUT2D eigenvalue weighted by molar-refractivity contribution is 0.102. The van der Waals surface area contributed by atoms with E-state index in [2.05, 4.69) is 57.7 Å². The number of amides is 1. The van der Waals surface area contributed by atoms with E-state index in [1.807, 2.05) is 60.7 Å². The first-order chi connectivity index (χ1) is 17.7. The van der Waals surface area contributed by atoms with E-state index in [1.165, 1.54) is 11.1 Å². The lowest BCUT2D eigenvalue weighted by Gasteiger charge is -2.26. The molecule has 4 N–H and O–H groups in total. The fourth-order valence-corrected chi connectivity index (χ4v) is 4.76. The summed E-state index contributed by atoms with van der Waals surface area (Å²) in [4.78, 5) is 17.8. The molecule has 1 unspecified atom stereocenters. The zero-order chi connectivity index (χ0) is 24.3. The Bertz CT molecular complexity index is 1430. The Morgan fingerprint density at radius 1 is 0.833 bits per heavy atom. The average Bonchev–Trinajstić information content (AvgIpc) is 2.93. The van der Waals surface area contributed by atoms with E-state index in [9.17, 15) is 4.79 Å². The van der Waals surface area contributed by atoms with Gasteiger partial charge in [-0.05, 0) is 72.1 Å². The summed E-state index contributed by atoms with van der Waals surface area (Å²) >= 11 is 0. The zero-order valence-electron chi connectivity index (χ0n) is 19.8. The van der Waals surface area contributed by atoms with Crippen molar-refractivity contribution in [1.29, 1.82) is 0 Å². The number of hydrogen-bond donors (Lipinski definition) is 4. The topological polar surface area (TPSA) is 77.6 Å². The Balaban J connectivity index is 1.17. The van der Waals surface area contributed by atoms with Gasteiger partial charge >= 0.3 is 0 Å². The first-order valence-electron chi connectivity index (χ1n) is 12.2. The second-order valence-corrected chi connectivity index (χ2v) is 9.07. The molecule has 2 aliphatic rings. The number of carbonyl (C=O) groups excluding carboxylic acids is 1. The van der Waals surface area contributed by atoms with E-state index in [0.717, 1.165) is 47.7 Å². The van der Waals surface area contributed by atoms with Crippen molar-refractivity contribution in [1.82, 2.24) is 5.32 Å². The molecule has 36 heavy (non-hydrogen) atoms. The molecule has 0 spiro atoms. The van der Waals surface area contributed by atoms with Crippen LogP contribution in [0.1, 0.15) is 38.7 Å². The number of para-hydroxylation sites is 1. The van der Waals surface area contributed by atoms with Crippen molar-refractivity contribution in [2.75, 3.05) is 22.5 Å². The summed E-state index contributed by atoms with van der Waals surface area (Å²) in [6, 6.07) is 32.0. The van der Waals surface area contributed by atoms with Gasteiger partial charge in [0.05, 0.1) is 0 Å². The number of guanidine groups is 1. The summed E-state index contributed by atoms with van der Waals surface area (Å²) in [5.41, 5.74) is 8.16. The molecular weight excluding hydrogens is 446 g/mol. The predicted molar refractivity (Wildman–Crippen MR) is 146 cm³/mol. The van der Waals surface area contributed by atoms with Gasteiger partial charge < -0.3 is 21.3 Å². The molecule has 6 nitrogen and oxygen atoms in total. The molecule has 1 amide bonds. The van der Waals surface area contributed by atoms with Crippen LogP contribution in [0.3, 0.4) is 0 Å². The van der Waals surface area contributed by atoms with Gasteiger partial charge in [0.2, 0.25) is 5.96 Å². The van der Waals surface area contributed by atoms with Crippen molar-refractivity contribution in [2.45, 2.75) is 19.0 Å². The molecule has 0 radical (unpaired) electrons. The molecule has 0 saturated carbocycles. The first-order valence-corrected chi connectivity index (χ1v) is 12.2. The van der Waals surface area contributed by atoms with Gasteiger partial charge in [-0.2, -0.15) is 0 Å². The maximum Gasteiger partial charge on any atom is 0.255 e. The molecular formula is C30H27N5O. The molecule has 6 heteroatoms. The highest BCUT2D eigenvalue weighted by Gasteiger charge is 2.22. The van der Waals surface area contributed by atoms with Crippen molar-refractivity contribution < 1.29 is 4.79 Å². The molecule has 0 aromatic heterocycles. The number of nitrogens with zero attached hydrogens (tertiary/aromatic N) is 1. The van der Waals surface area contributed by atoms with E-state index in [1.54, 1.807) is 0 Å². The lowest BCUT2D eigenvalue weighted by Crippen LogP contribution is -2.27. The third-order valence-electron chi connectivity index (χ3n) is 6.64. The van der Waals surface area contributed by atoms with Crippen LogP contribution in [0.4, 0.5) is 17.1 Å². The van der Waals surface area contributed by atoms with Crippen LogP contribution >= 0.6 is 0 Å². The second kappa shape index (κ2) is 9.68. The fourth-order valence-electron chi connectivity index (χ4n) is 4.76. The first kappa shape index (κ1) is 22.1. The van der Waals surface area contributed by atoms with Gasteiger partial charge in [0.1, 0.15) is 6.04 Å². The van der Waals surface area contributed by atoms with Crippen LogP contribution in [0, 0.1) is 0 Å². The lowest BCUT2D eigenvalue weighted by atomic mass is 9.96. The Labute approximate surface area is 210 Å². The monoisotopic (exact) mass is 473 g/mol. The van der Waals surface area contributed by atoms with Crippen LogP contribution in [0.15, 0.2) is 102 Å². The SMILES string of the molecule is O=C(Nc1ccc2c(c1)CNCC2)c1ccc(NC2=NC(c3ccccc3)c3ccccc3N2)cc1. The van der Waals surface area contributed by atoms with Crippen LogP contribution in [0.5, 0.6) is 0 Å². The second-order valence-electron chi connectivity index (χ2n) is 9.07. The molecule has 6 rings (SSSR count). The number of anilines is 3. The maximum atomic E-state index is 12.8.